The van der Waals surface area contributed by atoms with E-state index in [1.54, 1.807) is 42.7 Å². The van der Waals surface area contributed by atoms with Crippen LogP contribution in [0.25, 0.3) is 11.5 Å². The number of nitrogens with one attached hydrogen (secondary N) is 2. The molecule has 1 aromatic carbocycles. The van der Waals surface area contributed by atoms with Gasteiger partial charge in [0.05, 0.1) is 5.56 Å². The molecular formula is C23H20FN7O2. The predicted octanol–water partition coefficient (Wildman–Crippen LogP) is 3.96. The van der Waals surface area contributed by atoms with Gasteiger partial charge in [-0.1, -0.05) is 12.1 Å². The fourth-order valence-electron chi connectivity index (χ4n) is 3.09. The van der Waals surface area contributed by atoms with E-state index in [-0.39, 0.29) is 28.8 Å². The zero-order valence-corrected chi connectivity index (χ0v) is 17.9. The molecule has 0 radical (unpaired) electrons. The highest BCUT2D eigenvalue weighted by Crippen LogP contribution is 2.21. The van der Waals surface area contributed by atoms with Gasteiger partial charge in [-0.2, -0.15) is 0 Å². The maximum atomic E-state index is 14.4. The smallest absolute Gasteiger partial charge is 0.274 e. The number of aromatic nitrogens is 5. The number of rotatable bonds is 6. The number of hydrogen-bond acceptors (Lipinski definition) is 6. The number of pyridine rings is 2. The molecule has 166 valence electrons. The van der Waals surface area contributed by atoms with E-state index in [2.05, 4.69) is 30.8 Å². The van der Waals surface area contributed by atoms with Crippen LogP contribution in [0.5, 0.6) is 0 Å². The van der Waals surface area contributed by atoms with Crippen LogP contribution >= 0.6 is 0 Å². The Morgan fingerprint density at radius 1 is 1.00 bits per heavy atom. The van der Waals surface area contributed by atoms with E-state index in [1.807, 2.05) is 18.4 Å². The standard InChI is InChI=1S/C23H20FN7O2/c1-14(2)31-13-26-30-21(31)18-7-5-8-20(28-18)29-22(32)16-12-15(9-10-17(16)24)27-23(33)19-6-3-4-11-25-19/h3-14H,1-2H3,(H,27,33)(H,28,29,32). The normalized spacial score (nSPS) is 10.8. The van der Waals surface area contributed by atoms with Gasteiger partial charge in [0.15, 0.2) is 5.82 Å². The van der Waals surface area contributed by atoms with Crippen molar-refractivity contribution in [3.8, 4) is 11.5 Å². The maximum Gasteiger partial charge on any atom is 0.274 e. The number of carbonyl (C=O) groups excluding carboxylic acids is 2. The summed E-state index contributed by atoms with van der Waals surface area (Å²) in [6.45, 7) is 3.97. The molecule has 4 rings (SSSR count). The van der Waals surface area contributed by atoms with Gasteiger partial charge in [0, 0.05) is 17.9 Å². The lowest BCUT2D eigenvalue weighted by Gasteiger charge is -2.11. The summed E-state index contributed by atoms with van der Waals surface area (Å²) >= 11 is 0. The third kappa shape index (κ3) is 4.90. The van der Waals surface area contributed by atoms with Gasteiger partial charge < -0.3 is 15.2 Å². The number of nitrogens with zero attached hydrogens (tertiary/aromatic N) is 5. The second-order valence-electron chi connectivity index (χ2n) is 7.38. The van der Waals surface area contributed by atoms with Crippen molar-refractivity contribution >= 4 is 23.3 Å². The first-order valence-electron chi connectivity index (χ1n) is 10.1. The molecule has 0 saturated carbocycles. The highest BCUT2D eigenvalue weighted by Gasteiger charge is 2.17. The molecule has 0 aliphatic carbocycles. The minimum atomic E-state index is -0.737. The Labute approximate surface area is 188 Å². The molecule has 33 heavy (non-hydrogen) atoms. The summed E-state index contributed by atoms with van der Waals surface area (Å²) in [6, 6.07) is 13.8. The molecule has 2 N–H and O–H groups in total. The number of hydrogen-bond donors (Lipinski definition) is 2. The first kappa shape index (κ1) is 21.8. The van der Waals surface area contributed by atoms with Crippen molar-refractivity contribution in [2.75, 3.05) is 10.6 Å². The lowest BCUT2D eigenvalue weighted by molar-refractivity contribution is 0.101. The molecule has 0 atom stereocenters. The second-order valence-corrected chi connectivity index (χ2v) is 7.38. The molecule has 0 aliphatic heterocycles. The average molecular weight is 445 g/mol. The summed E-state index contributed by atoms with van der Waals surface area (Å²) in [5.74, 6) is -1.16. The molecule has 0 fully saturated rings. The molecule has 2 amide bonds. The Balaban J connectivity index is 1.54. The minimum Gasteiger partial charge on any atom is -0.321 e. The molecule has 0 unspecified atom stereocenters. The van der Waals surface area contributed by atoms with Gasteiger partial charge in [-0.15, -0.1) is 10.2 Å². The fourth-order valence-corrected chi connectivity index (χ4v) is 3.09. The number of anilines is 2. The van der Waals surface area contributed by atoms with E-state index in [4.69, 9.17) is 0 Å². The molecule has 0 aliphatic rings. The second kappa shape index (κ2) is 9.35. The Morgan fingerprint density at radius 3 is 2.61 bits per heavy atom. The van der Waals surface area contributed by atoms with E-state index in [1.165, 1.54) is 18.3 Å². The van der Waals surface area contributed by atoms with Crippen LogP contribution in [-0.4, -0.2) is 36.5 Å². The molecule has 0 spiro atoms. The molecule has 0 bridgehead atoms. The number of halogens is 1. The summed E-state index contributed by atoms with van der Waals surface area (Å²) in [6.07, 6.45) is 3.09. The summed E-state index contributed by atoms with van der Waals surface area (Å²) in [5.41, 5.74) is 0.717. The molecule has 3 heterocycles. The van der Waals surface area contributed by atoms with Crippen LogP contribution < -0.4 is 10.6 Å². The zero-order chi connectivity index (χ0) is 23.4. The fraction of sp³-hybridized carbons (Fsp3) is 0.130. The topological polar surface area (TPSA) is 115 Å². The molecule has 3 aromatic heterocycles. The van der Waals surface area contributed by atoms with Crippen molar-refractivity contribution in [3.63, 3.8) is 0 Å². The maximum absolute atomic E-state index is 14.4. The van der Waals surface area contributed by atoms with E-state index in [0.717, 1.165) is 6.07 Å². The van der Waals surface area contributed by atoms with Crippen LogP contribution in [0.15, 0.2) is 67.1 Å². The van der Waals surface area contributed by atoms with Crippen LogP contribution in [0, 0.1) is 5.82 Å². The molecule has 4 aromatic rings. The molecule has 10 heteroatoms. The van der Waals surface area contributed by atoms with Crippen molar-refractivity contribution < 1.29 is 14.0 Å². The zero-order valence-electron chi connectivity index (χ0n) is 17.9. The van der Waals surface area contributed by atoms with Gasteiger partial charge in [-0.3, -0.25) is 14.6 Å². The quantitative estimate of drug-likeness (QED) is 0.464. The summed E-state index contributed by atoms with van der Waals surface area (Å²) < 4.78 is 16.2. The van der Waals surface area contributed by atoms with Crippen LogP contribution in [-0.2, 0) is 0 Å². The summed E-state index contributed by atoms with van der Waals surface area (Å²) in [5, 5.41) is 13.2. The monoisotopic (exact) mass is 445 g/mol. The number of amides is 2. The van der Waals surface area contributed by atoms with Crippen LogP contribution in [0.4, 0.5) is 15.9 Å². The van der Waals surface area contributed by atoms with E-state index in [9.17, 15) is 14.0 Å². The van der Waals surface area contributed by atoms with Crippen molar-refractivity contribution in [2.24, 2.45) is 0 Å². The molecule has 9 nitrogen and oxygen atoms in total. The van der Waals surface area contributed by atoms with Crippen LogP contribution in [0.2, 0.25) is 0 Å². The lowest BCUT2D eigenvalue weighted by Crippen LogP contribution is -2.17. The summed E-state index contributed by atoms with van der Waals surface area (Å²) in [4.78, 5) is 33.4. The SMILES string of the molecule is CC(C)n1cnnc1-c1cccc(NC(=O)c2cc(NC(=O)c3ccccn3)ccc2F)n1. The summed E-state index contributed by atoms with van der Waals surface area (Å²) in [7, 11) is 0. The van der Waals surface area contributed by atoms with E-state index in [0.29, 0.717) is 11.5 Å². The van der Waals surface area contributed by atoms with Crippen LogP contribution in [0.3, 0.4) is 0 Å². The predicted molar refractivity (Wildman–Crippen MR) is 120 cm³/mol. The van der Waals surface area contributed by atoms with Crippen molar-refractivity contribution in [2.45, 2.75) is 19.9 Å². The minimum absolute atomic E-state index is 0.119. The third-order valence-electron chi connectivity index (χ3n) is 4.72. The first-order valence-corrected chi connectivity index (χ1v) is 10.1. The molecular weight excluding hydrogens is 425 g/mol. The van der Waals surface area contributed by atoms with Gasteiger partial charge >= 0.3 is 0 Å². The van der Waals surface area contributed by atoms with Crippen molar-refractivity contribution in [1.29, 1.82) is 0 Å². The van der Waals surface area contributed by atoms with Crippen LogP contribution in [0.1, 0.15) is 40.7 Å². The number of benzene rings is 1. The van der Waals surface area contributed by atoms with E-state index < -0.39 is 17.6 Å². The van der Waals surface area contributed by atoms with Crippen molar-refractivity contribution in [1.82, 2.24) is 24.7 Å². The number of carbonyl (C=O) groups is 2. The Morgan fingerprint density at radius 2 is 1.85 bits per heavy atom. The Kier molecular flexibility index (Phi) is 6.16. The Hall–Kier alpha value is -4.47. The first-order chi connectivity index (χ1) is 15.9. The molecule has 0 saturated heterocycles. The van der Waals surface area contributed by atoms with E-state index >= 15 is 0 Å². The van der Waals surface area contributed by atoms with Gasteiger partial charge in [0.2, 0.25) is 0 Å². The van der Waals surface area contributed by atoms with Crippen molar-refractivity contribution in [3.05, 3.63) is 84.2 Å². The van der Waals surface area contributed by atoms with Gasteiger partial charge in [-0.05, 0) is 56.3 Å². The highest BCUT2D eigenvalue weighted by molar-refractivity contribution is 6.06. The Bertz CT molecular complexity index is 1310. The van der Waals surface area contributed by atoms with Gasteiger partial charge in [0.25, 0.3) is 11.8 Å². The third-order valence-corrected chi connectivity index (χ3v) is 4.72. The highest BCUT2D eigenvalue weighted by atomic mass is 19.1. The average Bonchev–Trinajstić information content (AvgIpc) is 3.31. The van der Waals surface area contributed by atoms with Gasteiger partial charge in [0.1, 0.15) is 29.4 Å². The van der Waals surface area contributed by atoms with Gasteiger partial charge in [-0.25, -0.2) is 9.37 Å². The lowest BCUT2D eigenvalue weighted by atomic mass is 10.1. The largest absolute Gasteiger partial charge is 0.321 e.